The summed E-state index contributed by atoms with van der Waals surface area (Å²) in [6, 6.07) is 6.32. The SMILES string of the molecule is CCOc1ccc(S(=O)(=O)N(C)CC(=O)NC23CC4CC(CC(C4)C2)C3)cc1. The molecular formula is C21H30N2O4S. The van der Waals surface area contributed by atoms with E-state index in [4.69, 9.17) is 4.74 Å². The molecule has 1 aromatic rings. The van der Waals surface area contributed by atoms with Crippen LogP contribution in [0.1, 0.15) is 45.4 Å². The number of benzene rings is 1. The number of nitrogens with zero attached hydrogens (tertiary/aromatic N) is 1. The maximum Gasteiger partial charge on any atom is 0.243 e. The molecule has 1 N–H and O–H groups in total. The fourth-order valence-electron chi connectivity index (χ4n) is 5.94. The molecule has 4 bridgehead atoms. The van der Waals surface area contributed by atoms with Gasteiger partial charge >= 0.3 is 0 Å². The third-order valence-electron chi connectivity index (χ3n) is 6.65. The van der Waals surface area contributed by atoms with Crippen molar-refractivity contribution < 1.29 is 17.9 Å². The van der Waals surface area contributed by atoms with Gasteiger partial charge in [-0.3, -0.25) is 4.79 Å². The van der Waals surface area contributed by atoms with E-state index in [0.717, 1.165) is 41.3 Å². The lowest BCUT2D eigenvalue weighted by atomic mass is 9.53. The minimum atomic E-state index is -3.71. The zero-order valence-corrected chi connectivity index (χ0v) is 17.5. The predicted octanol–water partition coefficient (Wildman–Crippen LogP) is 2.79. The average Bonchev–Trinajstić information content (AvgIpc) is 2.60. The third kappa shape index (κ3) is 3.79. The van der Waals surface area contributed by atoms with Gasteiger partial charge in [-0.15, -0.1) is 0 Å². The molecule has 0 atom stereocenters. The standard InChI is InChI=1S/C21H30N2O4S/c1-3-27-18-4-6-19(7-5-18)28(25,26)23(2)14-20(24)22-21-11-15-8-16(12-21)10-17(9-15)13-21/h4-7,15-17H,3,8-14H2,1-2H3,(H,22,24). The van der Waals surface area contributed by atoms with Gasteiger partial charge in [0.1, 0.15) is 5.75 Å². The van der Waals surface area contributed by atoms with Crippen LogP contribution in [0.15, 0.2) is 29.2 Å². The van der Waals surface area contributed by atoms with E-state index in [9.17, 15) is 13.2 Å². The van der Waals surface area contributed by atoms with Crippen molar-refractivity contribution in [2.45, 2.75) is 55.9 Å². The fourth-order valence-corrected chi connectivity index (χ4v) is 7.07. The van der Waals surface area contributed by atoms with E-state index < -0.39 is 10.0 Å². The van der Waals surface area contributed by atoms with E-state index in [1.165, 1.54) is 38.4 Å². The molecule has 0 unspecified atom stereocenters. The minimum Gasteiger partial charge on any atom is -0.494 e. The van der Waals surface area contributed by atoms with E-state index in [2.05, 4.69) is 5.32 Å². The van der Waals surface area contributed by atoms with Gasteiger partial charge in [0.2, 0.25) is 15.9 Å². The highest BCUT2D eigenvalue weighted by Crippen LogP contribution is 2.55. The number of likely N-dealkylation sites (N-methyl/N-ethyl adjacent to an activating group) is 1. The summed E-state index contributed by atoms with van der Waals surface area (Å²) in [5, 5.41) is 3.24. The van der Waals surface area contributed by atoms with Crippen LogP contribution >= 0.6 is 0 Å². The Kier molecular flexibility index (Phi) is 5.16. The first-order chi connectivity index (χ1) is 13.3. The van der Waals surface area contributed by atoms with Crippen LogP contribution in [0.2, 0.25) is 0 Å². The molecule has 5 rings (SSSR count). The van der Waals surface area contributed by atoms with Gasteiger partial charge in [-0.2, -0.15) is 4.31 Å². The third-order valence-corrected chi connectivity index (χ3v) is 8.47. The average molecular weight is 407 g/mol. The van der Waals surface area contributed by atoms with Crippen molar-refractivity contribution in [1.82, 2.24) is 9.62 Å². The number of hydrogen-bond donors (Lipinski definition) is 1. The summed E-state index contributed by atoms with van der Waals surface area (Å²) >= 11 is 0. The Bertz CT molecular complexity index is 799. The number of ether oxygens (including phenoxy) is 1. The topological polar surface area (TPSA) is 75.7 Å². The molecule has 0 saturated heterocycles. The van der Waals surface area contributed by atoms with Gasteiger partial charge in [0.15, 0.2) is 0 Å². The van der Waals surface area contributed by atoms with Crippen LogP contribution in [0.5, 0.6) is 5.75 Å². The van der Waals surface area contributed by atoms with Crippen molar-refractivity contribution in [2.24, 2.45) is 17.8 Å². The van der Waals surface area contributed by atoms with Crippen molar-refractivity contribution in [3.05, 3.63) is 24.3 Å². The maximum absolute atomic E-state index is 12.8. The Balaban J connectivity index is 1.40. The molecule has 0 aliphatic heterocycles. The smallest absolute Gasteiger partial charge is 0.243 e. The van der Waals surface area contributed by atoms with E-state index in [0.29, 0.717) is 12.4 Å². The van der Waals surface area contributed by atoms with Gasteiger partial charge in [0, 0.05) is 12.6 Å². The van der Waals surface area contributed by atoms with Gasteiger partial charge in [-0.1, -0.05) is 0 Å². The number of rotatable bonds is 7. The molecule has 0 heterocycles. The second-order valence-electron chi connectivity index (χ2n) is 8.91. The molecule has 6 nitrogen and oxygen atoms in total. The predicted molar refractivity (Wildman–Crippen MR) is 106 cm³/mol. The lowest BCUT2D eigenvalue weighted by Gasteiger charge is -2.57. The first kappa shape index (κ1) is 19.7. The van der Waals surface area contributed by atoms with Gasteiger partial charge < -0.3 is 10.1 Å². The van der Waals surface area contributed by atoms with Crippen LogP contribution in [0.4, 0.5) is 0 Å². The highest BCUT2D eigenvalue weighted by molar-refractivity contribution is 7.89. The summed E-state index contributed by atoms with van der Waals surface area (Å²) in [6.45, 7) is 2.24. The Morgan fingerprint density at radius 2 is 1.64 bits per heavy atom. The van der Waals surface area contributed by atoms with Crippen LogP contribution in [0, 0.1) is 17.8 Å². The quantitative estimate of drug-likeness (QED) is 0.755. The Hall–Kier alpha value is -1.60. The fraction of sp³-hybridized carbons (Fsp3) is 0.667. The maximum atomic E-state index is 12.8. The molecule has 4 saturated carbocycles. The molecule has 1 aromatic carbocycles. The number of carbonyl (C=O) groups is 1. The van der Waals surface area contributed by atoms with E-state index in [-0.39, 0.29) is 22.9 Å². The highest BCUT2D eigenvalue weighted by Gasteiger charge is 2.51. The van der Waals surface area contributed by atoms with Gasteiger partial charge in [-0.05, 0) is 87.5 Å². The summed E-state index contributed by atoms with van der Waals surface area (Å²) < 4.78 is 32.1. The van der Waals surface area contributed by atoms with Gasteiger partial charge in [0.25, 0.3) is 0 Å². The normalized spacial score (nSPS) is 31.2. The summed E-state index contributed by atoms with van der Waals surface area (Å²) in [5.41, 5.74) is -0.102. The molecule has 0 aromatic heterocycles. The first-order valence-electron chi connectivity index (χ1n) is 10.3. The van der Waals surface area contributed by atoms with E-state index in [1.54, 1.807) is 12.1 Å². The number of amides is 1. The molecule has 0 spiro atoms. The van der Waals surface area contributed by atoms with Crippen molar-refractivity contribution >= 4 is 15.9 Å². The molecular weight excluding hydrogens is 376 g/mol. The second-order valence-corrected chi connectivity index (χ2v) is 11.0. The minimum absolute atomic E-state index is 0.102. The van der Waals surface area contributed by atoms with Crippen LogP contribution in [-0.2, 0) is 14.8 Å². The number of nitrogens with one attached hydrogen (secondary N) is 1. The monoisotopic (exact) mass is 406 g/mol. The molecule has 4 aliphatic rings. The summed E-state index contributed by atoms with van der Waals surface area (Å²) in [6.07, 6.45) is 7.09. The second kappa shape index (κ2) is 7.34. The number of sulfonamides is 1. The van der Waals surface area contributed by atoms with Crippen LogP contribution in [0.25, 0.3) is 0 Å². The number of carbonyl (C=O) groups excluding carboxylic acids is 1. The molecule has 7 heteroatoms. The Labute approximate surface area is 167 Å². The highest BCUT2D eigenvalue weighted by atomic mass is 32.2. The molecule has 1 amide bonds. The molecule has 4 aliphatic carbocycles. The summed E-state index contributed by atoms with van der Waals surface area (Å²) in [7, 11) is -2.25. The first-order valence-corrected chi connectivity index (χ1v) is 11.7. The molecule has 154 valence electrons. The Morgan fingerprint density at radius 1 is 1.11 bits per heavy atom. The van der Waals surface area contributed by atoms with Crippen molar-refractivity contribution in [3.8, 4) is 5.75 Å². The van der Waals surface area contributed by atoms with Crippen molar-refractivity contribution in [3.63, 3.8) is 0 Å². The van der Waals surface area contributed by atoms with Crippen LogP contribution in [-0.4, -0.2) is 44.4 Å². The Morgan fingerprint density at radius 3 is 2.14 bits per heavy atom. The summed E-state index contributed by atoms with van der Waals surface area (Å²) in [5.74, 6) is 2.63. The van der Waals surface area contributed by atoms with Crippen LogP contribution < -0.4 is 10.1 Å². The zero-order chi connectivity index (χ0) is 19.9. The van der Waals surface area contributed by atoms with Crippen LogP contribution in [0.3, 0.4) is 0 Å². The van der Waals surface area contributed by atoms with Gasteiger partial charge in [0.05, 0.1) is 18.0 Å². The summed E-state index contributed by atoms with van der Waals surface area (Å²) in [4.78, 5) is 12.9. The lowest BCUT2D eigenvalue weighted by Crippen LogP contribution is -2.61. The molecule has 4 fully saturated rings. The largest absolute Gasteiger partial charge is 0.494 e. The molecule has 28 heavy (non-hydrogen) atoms. The van der Waals surface area contributed by atoms with E-state index in [1.807, 2.05) is 6.92 Å². The van der Waals surface area contributed by atoms with Gasteiger partial charge in [-0.25, -0.2) is 8.42 Å². The zero-order valence-electron chi connectivity index (χ0n) is 16.7. The van der Waals surface area contributed by atoms with Crippen molar-refractivity contribution in [1.29, 1.82) is 0 Å². The number of hydrogen-bond acceptors (Lipinski definition) is 4. The lowest BCUT2D eigenvalue weighted by molar-refractivity contribution is -0.126. The molecule has 0 radical (unpaired) electrons. The van der Waals surface area contributed by atoms with Crippen molar-refractivity contribution in [2.75, 3.05) is 20.2 Å². The van der Waals surface area contributed by atoms with E-state index >= 15 is 0 Å².